The van der Waals surface area contributed by atoms with E-state index >= 15 is 0 Å². The summed E-state index contributed by atoms with van der Waals surface area (Å²) in [6.45, 7) is 3.20. The van der Waals surface area contributed by atoms with E-state index in [1.54, 1.807) is 12.1 Å². The smallest absolute Gasteiger partial charge is 0.271 e. The number of nitro benzene ring substituents is 1. The van der Waals surface area contributed by atoms with E-state index in [1.165, 1.54) is 31.7 Å². The Bertz CT molecular complexity index is 457. The summed E-state index contributed by atoms with van der Waals surface area (Å²) < 4.78 is 0.877. The lowest BCUT2D eigenvalue weighted by molar-refractivity contribution is -0.384. The van der Waals surface area contributed by atoms with E-state index in [-0.39, 0.29) is 10.6 Å². The van der Waals surface area contributed by atoms with Crippen molar-refractivity contribution in [3.8, 4) is 0 Å². The average Bonchev–Trinajstić information content (AvgIpc) is 2.39. The van der Waals surface area contributed by atoms with Crippen molar-refractivity contribution in [2.24, 2.45) is 11.8 Å². The molecular formula is C14H19BrN2O2. The number of non-ortho nitro benzene ring substituents is 1. The van der Waals surface area contributed by atoms with Gasteiger partial charge in [0.15, 0.2) is 0 Å². The van der Waals surface area contributed by atoms with E-state index in [0.29, 0.717) is 5.92 Å². The van der Waals surface area contributed by atoms with Gasteiger partial charge in [-0.3, -0.25) is 10.1 Å². The second kappa shape index (κ2) is 6.37. The van der Waals surface area contributed by atoms with Crippen molar-refractivity contribution in [3.63, 3.8) is 0 Å². The highest BCUT2D eigenvalue weighted by Crippen LogP contribution is 2.31. The van der Waals surface area contributed by atoms with Crippen molar-refractivity contribution < 1.29 is 4.92 Å². The number of hydrogen-bond acceptors (Lipinski definition) is 3. The first-order chi connectivity index (χ1) is 9.06. The van der Waals surface area contributed by atoms with Crippen LogP contribution in [0.4, 0.5) is 11.4 Å². The Kier molecular flexibility index (Phi) is 4.80. The second-order valence-electron chi connectivity index (χ2n) is 5.43. The van der Waals surface area contributed by atoms with E-state index in [9.17, 15) is 10.1 Å². The first kappa shape index (κ1) is 14.3. The summed E-state index contributed by atoms with van der Waals surface area (Å²) in [5, 5.41) is 14.1. The molecule has 2 rings (SSSR count). The van der Waals surface area contributed by atoms with Gasteiger partial charge in [0.05, 0.1) is 10.6 Å². The van der Waals surface area contributed by atoms with Crippen LogP contribution < -0.4 is 5.32 Å². The zero-order valence-corrected chi connectivity index (χ0v) is 12.6. The molecule has 1 aliphatic carbocycles. The van der Waals surface area contributed by atoms with Crippen LogP contribution in [-0.4, -0.2) is 11.5 Å². The van der Waals surface area contributed by atoms with Crippen molar-refractivity contribution >= 4 is 27.3 Å². The van der Waals surface area contributed by atoms with Gasteiger partial charge >= 0.3 is 0 Å². The van der Waals surface area contributed by atoms with Gasteiger partial charge in [0.25, 0.3) is 5.69 Å². The van der Waals surface area contributed by atoms with Crippen molar-refractivity contribution in [1.82, 2.24) is 0 Å². The topological polar surface area (TPSA) is 55.2 Å². The van der Waals surface area contributed by atoms with Gasteiger partial charge in [-0.25, -0.2) is 0 Å². The highest BCUT2D eigenvalue weighted by Gasteiger charge is 2.18. The molecule has 0 unspecified atom stereocenters. The van der Waals surface area contributed by atoms with Crippen molar-refractivity contribution in [2.75, 3.05) is 11.9 Å². The highest BCUT2D eigenvalue weighted by atomic mass is 79.9. The molecule has 1 N–H and O–H groups in total. The number of rotatable bonds is 4. The van der Waals surface area contributed by atoms with Gasteiger partial charge in [0.2, 0.25) is 0 Å². The molecule has 0 heterocycles. The fraction of sp³-hybridized carbons (Fsp3) is 0.571. The van der Waals surface area contributed by atoms with E-state index in [4.69, 9.17) is 0 Å². The molecular weight excluding hydrogens is 308 g/mol. The molecule has 0 bridgehead atoms. The predicted octanol–water partition coefficient (Wildman–Crippen LogP) is 4.60. The van der Waals surface area contributed by atoms with Crippen LogP contribution in [0.15, 0.2) is 22.7 Å². The Hall–Kier alpha value is -1.10. The summed E-state index contributed by atoms with van der Waals surface area (Å²) in [5.74, 6) is 1.53. The normalized spacial score (nSPS) is 23.1. The SMILES string of the molecule is CC1CCC(CNc2cc([N+](=O)[O-])ccc2Br)CC1. The van der Waals surface area contributed by atoms with E-state index in [2.05, 4.69) is 28.2 Å². The van der Waals surface area contributed by atoms with Crippen LogP contribution in [0.1, 0.15) is 32.6 Å². The molecule has 0 atom stereocenters. The van der Waals surface area contributed by atoms with Crippen LogP contribution >= 0.6 is 15.9 Å². The summed E-state index contributed by atoms with van der Waals surface area (Å²) in [7, 11) is 0. The number of halogens is 1. The minimum atomic E-state index is -0.361. The van der Waals surface area contributed by atoms with Gasteiger partial charge in [0.1, 0.15) is 0 Å². The minimum Gasteiger partial charge on any atom is -0.384 e. The zero-order valence-electron chi connectivity index (χ0n) is 11.1. The molecule has 0 amide bonds. The molecule has 0 aliphatic heterocycles. The number of anilines is 1. The molecule has 104 valence electrons. The Labute approximate surface area is 121 Å². The lowest BCUT2D eigenvalue weighted by Crippen LogP contribution is -2.20. The maximum Gasteiger partial charge on any atom is 0.271 e. The van der Waals surface area contributed by atoms with E-state index in [0.717, 1.165) is 22.6 Å². The number of nitrogens with one attached hydrogen (secondary N) is 1. The average molecular weight is 327 g/mol. The molecule has 0 saturated heterocycles. The number of hydrogen-bond donors (Lipinski definition) is 1. The monoisotopic (exact) mass is 326 g/mol. The Balaban J connectivity index is 1.95. The van der Waals surface area contributed by atoms with Gasteiger partial charge in [-0.05, 0) is 46.7 Å². The summed E-state index contributed by atoms with van der Waals surface area (Å²) in [5.41, 5.74) is 0.941. The lowest BCUT2D eigenvalue weighted by atomic mass is 9.83. The third kappa shape index (κ3) is 3.93. The standard InChI is InChI=1S/C14H19BrN2O2/c1-10-2-4-11(5-3-10)9-16-14-8-12(17(18)19)6-7-13(14)15/h6-8,10-11,16H,2-5,9H2,1H3. The van der Waals surface area contributed by atoms with Crippen molar-refractivity contribution in [3.05, 3.63) is 32.8 Å². The first-order valence-corrected chi connectivity index (χ1v) is 7.53. The third-order valence-electron chi connectivity index (χ3n) is 3.88. The van der Waals surface area contributed by atoms with Crippen LogP contribution in [0.2, 0.25) is 0 Å². The van der Waals surface area contributed by atoms with E-state index < -0.39 is 0 Å². The fourth-order valence-corrected chi connectivity index (χ4v) is 2.94. The largest absolute Gasteiger partial charge is 0.384 e. The molecule has 0 radical (unpaired) electrons. The van der Waals surface area contributed by atoms with Crippen molar-refractivity contribution in [2.45, 2.75) is 32.6 Å². The number of nitro groups is 1. The van der Waals surface area contributed by atoms with Gasteiger partial charge in [-0.15, -0.1) is 0 Å². The van der Waals surface area contributed by atoms with Crippen LogP contribution in [0.25, 0.3) is 0 Å². The Morgan fingerprint density at radius 2 is 2.05 bits per heavy atom. The van der Waals surface area contributed by atoms with Gasteiger partial charge < -0.3 is 5.32 Å². The summed E-state index contributed by atoms with van der Waals surface area (Å²) in [6.07, 6.45) is 5.09. The Morgan fingerprint density at radius 1 is 1.37 bits per heavy atom. The van der Waals surface area contributed by atoms with Gasteiger partial charge in [-0.2, -0.15) is 0 Å². The van der Waals surface area contributed by atoms with Crippen LogP contribution in [-0.2, 0) is 0 Å². The fourth-order valence-electron chi connectivity index (χ4n) is 2.55. The number of nitrogens with zero attached hydrogens (tertiary/aromatic N) is 1. The molecule has 19 heavy (non-hydrogen) atoms. The maximum absolute atomic E-state index is 10.8. The minimum absolute atomic E-state index is 0.128. The Morgan fingerprint density at radius 3 is 2.68 bits per heavy atom. The van der Waals surface area contributed by atoms with E-state index in [1.807, 2.05) is 0 Å². The zero-order chi connectivity index (χ0) is 13.8. The number of benzene rings is 1. The van der Waals surface area contributed by atoms with Crippen LogP contribution in [0.3, 0.4) is 0 Å². The quantitative estimate of drug-likeness (QED) is 0.650. The molecule has 0 spiro atoms. The highest BCUT2D eigenvalue weighted by molar-refractivity contribution is 9.10. The van der Waals surface area contributed by atoms with Crippen LogP contribution in [0, 0.1) is 22.0 Å². The maximum atomic E-state index is 10.8. The van der Waals surface area contributed by atoms with Crippen molar-refractivity contribution in [1.29, 1.82) is 0 Å². The molecule has 0 aromatic heterocycles. The summed E-state index contributed by atoms with van der Waals surface area (Å²) >= 11 is 3.43. The second-order valence-corrected chi connectivity index (χ2v) is 6.28. The molecule has 1 saturated carbocycles. The molecule has 1 fully saturated rings. The third-order valence-corrected chi connectivity index (χ3v) is 4.57. The van der Waals surface area contributed by atoms with Gasteiger partial charge in [-0.1, -0.05) is 19.8 Å². The molecule has 1 aromatic carbocycles. The van der Waals surface area contributed by atoms with Crippen LogP contribution in [0.5, 0.6) is 0 Å². The van der Waals surface area contributed by atoms with Gasteiger partial charge in [0, 0.05) is 23.2 Å². The first-order valence-electron chi connectivity index (χ1n) is 6.74. The summed E-state index contributed by atoms with van der Waals surface area (Å²) in [4.78, 5) is 10.4. The molecule has 1 aliphatic rings. The molecule has 5 heteroatoms. The lowest BCUT2D eigenvalue weighted by Gasteiger charge is -2.26. The molecule has 4 nitrogen and oxygen atoms in total. The predicted molar refractivity (Wildman–Crippen MR) is 80.4 cm³/mol. The molecule has 1 aromatic rings. The summed E-state index contributed by atoms with van der Waals surface area (Å²) in [6, 6.07) is 4.83.